The van der Waals surface area contributed by atoms with Gasteiger partial charge in [-0.25, -0.2) is 13.2 Å². The molecule has 0 aromatic heterocycles. The lowest BCUT2D eigenvalue weighted by Gasteiger charge is -2.12. The molecular formula is C15H11F3N2O. The number of benzene rings is 2. The van der Waals surface area contributed by atoms with Crippen molar-refractivity contribution in [2.45, 2.75) is 6.54 Å². The summed E-state index contributed by atoms with van der Waals surface area (Å²) in [6, 6.07) is 8.69. The van der Waals surface area contributed by atoms with Crippen LogP contribution in [-0.4, -0.2) is 7.11 Å². The molecule has 0 saturated heterocycles. The molecule has 0 atom stereocenters. The second-order valence-corrected chi connectivity index (χ2v) is 4.21. The van der Waals surface area contributed by atoms with E-state index in [1.54, 1.807) is 18.2 Å². The van der Waals surface area contributed by atoms with Crippen molar-refractivity contribution in [2.24, 2.45) is 0 Å². The van der Waals surface area contributed by atoms with Crippen LogP contribution in [0.1, 0.15) is 11.1 Å². The van der Waals surface area contributed by atoms with Gasteiger partial charge < -0.3 is 10.1 Å². The van der Waals surface area contributed by atoms with Crippen LogP contribution in [-0.2, 0) is 6.54 Å². The molecule has 0 saturated carbocycles. The molecule has 1 N–H and O–H groups in total. The van der Waals surface area contributed by atoms with Crippen LogP contribution in [0.25, 0.3) is 0 Å². The second kappa shape index (κ2) is 6.18. The normalized spacial score (nSPS) is 10.0. The predicted octanol–water partition coefficient (Wildman–Crippen LogP) is 3.60. The van der Waals surface area contributed by atoms with Gasteiger partial charge in [0.05, 0.1) is 24.4 Å². The van der Waals surface area contributed by atoms with Crippen LogP contribution in [0.5, 0.6) is 5.75 Å². The summed E-state index contributed by atoms with van der Waals surface area (Å²) in [4.78, 5) is 0. The van der Waals surface area contributed by atoms with Crippen LogP contribution >= 0.6 is 0 Å². The zero-order chi connectivity index (χ0) is 15.4. The van der Waals surface area contributed by atoms with Crippen molar-refractivity contribution in [3.8, 4) is 11.8 Å². The Bertz CT molecular complexity index is 711. The van der Waals surface area contributed by atoms with E-state index in [0.717, 1.165) is 12.1 Å². The van der Waals surface area contributed by atoms with Gasteiger partial charge in [0.2, 0.25) is 0 Å². The van der Waals surface area contributed by atoms with Crippen LogP contribution in [0.15, 0.2) is 30.3 Å². The van der Waals surface area contributed by atoms with E-state index in [-0.39, 0.29) is 12.2 Å². The molecule has 0 aliphatic carbocycles. The molecule has 2 aromatic carbocycles. The first-order valence-corrected chi connectivity index (χ1v) is 6.01. The lowest BCUT2D eigenvalue weighted by molar-refractivity contribution is 0.410. The predicted molar refractivity (Wildman–Crippen MR) is 71.4 cm³/mol. The Kier molecular flexibility index (Phi) is 4.33. The Morgan fingerprint density at radius 1 is 1.14 bits per heavy atom. The van der Waals surface area contributed by atoms with Gasteiger partial charge in [-0.3, -0.25) is 0 Å². The van der Waals surface area contributed by atoms with Gasteiger partial charge in [-0.2, -0.15) is 5.26 Å². The minimum absolute atomic E-state index is 0.0979. The quantitative estimate of drug-likeness (QED) is 0.876. The Balaban J connectivity index is 2.24. The number of rotatable bonds is 4. The van der Waals surface area contributed by atoms with Crippen molar-refractivity contribution in [1.29, 1.82) is 5.26 Å². The molecule has 2 aromatic rings. The number of nitriles is 1. The van der Waals surface area contributed by atoms with Gasteiger partial charge in [0.15, 0.2) is 17.5 Å². The zero-order valence-electron chi connectivity index (χ0n) is 11.1. The van der Waals surface area contributed by atoms with Crippen molar-refractivity contribution in [1.82, 2.24) is 0 Å². The average Bonchev–Trinajstić information content (AvgIpc) is 2.51. The molecule has 108 valence electrons. The van der Waals surface area contributed by atoms with Gasteiger partial charge in [-0.05, 0) is 30.3 Å². The highest BCUT2D eigenvalue weighted by molar-refractivity contribution is 5.48. The first-order valence-electron chi connectivity index (χ1n) is 6.01. The molecule has 0 heterocycles. The molecular weight excluding hydrogens is 281 g/mol. The molecule has 21 heavy (non-hydrogen) atoms. The number of halogens is 3. The molecule has 0 aliphatic heterocycles. The van der Waals surface area contributed by atoms with E-state index in [1.807, 2.05) is 6.07 Å². The summed E-state index contributed by atoms with van der Waals surface area (Å²) in [5.41, 5.74) is 0.845. The maximum absolute atomic E-state index is 13.5. The Hall–Kier alpha value is -2.68. The summed E-state index contributed by atoms with van der Waals surface area (Å²) in [6.45, 7) is 0.0979. The molecule has 0 amide bonds. The number of nitrogens with zero attached hydrogens (tertiary/aromatic N) is 1. The number of hydrogen-bond donors (Lipinski definition) is 1. The van der Waals surface area contributed by atoms with Crippen LogP contribution in [0.3, 0.4) is 0 Å². The smallest absolute Gasteiger partial charge is 0.196 e. The van der Waals surface area contributed by atoms with Crippen LogP contribution in [0.2, 0.25) is 0 Å². The van der Waals surface area contributed by atoms with Gasteiger partial charge in [0.25, 0.3) is 0 Å². The molecule has 3 nitrogen and oxygen atoms in total. The number of nitrogens with one attached hydrogen (secondary N) is 1. The summed E-state index contributed by atoms with van der Waals surface area (Å²) in [5.74, 6) is -3.56. The van der Waals surface area contributed by atoms with E-state index in [1.165, 1.54) is 7.11 Å². The number of anilines is 1. The number of methoxy groups -OCH3 is 1. The monoisotopic (exact) mass is 292 g/mol. The molecule has 0 spiro atoms. The molecule has 0 unspecified atom stereocenters. The van der Waals surface area contributed by atoms with Crippen LogP contribution in [0, 0.1) is 28.8 Å². The van der Waals surface area contributed by atoms with Crippen LogP contribution < -0.4 is 10.1 Å². The minimum atomic E-state index is -1.53. The van der Waals surface area contributed by atoms with E-state index in [0.29, 0.717) is 16.9 Å². The van der Waals surface area contributed by atoms with E-state index in [9.17, 15) is 13.2 Å². The molecule has 0 radical (unpaired) electrons. The standard InChI is InChI=1S/C15H11F3N2O/c1-21-13-5-2-9(7-19)6-10(13)8-20-12-4-3-11(16)14(17)15(12)18/h2-6,20H,8H2,1H3. The highest BCUT2D eigenvalue weighted by atomic mass is 19.2. The Labute approximate surface area is 119 Å². The fraction of sp³-hybridized carbons (Fsp3) is 0.133. The van der Waals surface area contributed by atoms with Crippen molar-refractivity contribution >= 4 is 5.69 Å². The SMILES string of the molecule is COc1ccc(C#N)cc1CNc1ccc(F)c(F)c1F. The number of ether oxygens (including phenoxy) is 1. The Morgan fingerprint density at radius 3 is 2.57 bits per heavy atom. The highest BCUT2D eigenvalue weighted by Gasteiger charge is 2.13. The lowest BCUT2D eigenvalue weighted by atomic mass is 10.1. The van der Waals surface area contributed by atoms with Gasteiger partial charge in [-0.15, -0.1) is 0 Å². The highest BCUT2D eigenvalue weighted by Crippen LogP contribution is 2.23. The van der Waals surface area contributed by atoms with Crippen molar-refractivity contribution in [3.05, 3.63) is 58.9 Å². The third-order valence-electron chi connectivity index (χ3n) is 2.91. The Morgan fingerprint density at radius 2 is 1.90 bits per heavy atom. The third kappa shape index (κ3) is 3.08. The first-order chi connectivity index (χ1) is 10.1. The summed E-state index contributed by atoms with van der Waals surface area (Å²) in [7, 11) is 1.46. The van der Waals surface area contributed by atoms with Gasteiger partial charge in [0, 0.05) is 12.1 Å². The van der Waals surface area contributed by atoms with E-state index < -0.39 is 17.5 Å². The molecule has 0 aliphatic rings. The maximum Gasteiger partial charge on any atom is 0.196 e. The summed E-state index contributed by atoms with van der Waals surface area (Å²) >= 11 is 0. The first kappa shape index (κ1) is 14.7. The largest absolute Gasteiger partial charge is 0.496 e. The van der Waals surface area contributed by atoms with E-state index in [2.05, 4.69) is 5.32 Å². The zero-order valence-corrected chi connectivity index (χ0v) is 11.1. The van der Waals surface area contributed by atoms with Crippen molar-refractivity contribution < 1.29 is 17.9 Å². The number of hydrogen-bond acceptors (Lipinski definition) is 3. The second-order valence-electron chi connectivity index (χ2n) is 4.21. The van der Waals surface area contributed by atoms with Crippen molar-refractivity contribution in [2.75, 3.05) is 12.4 Å². The van der Waals surface area contributed by atoms with E-state index in [4.69, 9.17) is 10.00 Å². The summed E-state index contributed by atoms with van der Waals surface area (Å²) in [6.07, 6.45) is 0. The average molecular weight is 292 g/mol. The van der Waals surface area contributed by atoms with Gasteiger partial charge >= 0.3 is 0 Å². The molecule has 6 heteroatoms. The summed E-state index contributed by atoms with van der Waals surface area (Å²) in [5, 5.41) is 11.5. The topological polar surface area (TPSA) is 45.0 Å². The molecule has 0 bridgehead atoms. The summed E-state index contributed by atoms with van der Waals surface area (Å²) < 4.78 is 44.6. The van der Waals surface area contributed by atoms with E-state index >= 15 is 0 Å². The van der Waals surface area contributed by atoms with Crippen molar-refractivity contribution in [3.63, 3.8) is 0 Å². The lowest BCUT2D eigenvalue weighted by Crippen LogP contribution is -2.05. The fourth-order valence-corrected chi connectivity index (χ4v) is 1.84. The van der Waals surface area contributed by atoms with Crippen LogP contribution in [0.4, 0.5) is 18.9 Å². The maximum atomic E-state index is 13.5. The van der Waals surface area contributed by atoms with Gasteiger partial charge in [-0.1, -0.05) is 0 Å². The molecule has 2 rings (SSSR count). The third-order valence-corrected chi connectivity index (χ3v) is 2.91. The minimum Gasteiger partial charge on any atom is -0.496 e. The molecule has 0 fully saturated rings. The fourth-order valence-electron chi connectivity index (χ4n) is 1.84. The van der Waals surface area contributed by atoms with Gasteiger partial charge in [0.1, 0.15) is 5.75 Å².